The molecule has 0 fully saturated rings. The molecule has 0 saturated carbocycles. The van der Waals surface area contributed by atoms with Crippen molar-refractivity contribution in [1.82, 2.24) is 20.4 Å². The normalized spacial score (nSPS) is 15.6. The fraction of sp³-hybridized carbons (Fsp3) is 0.824. The number of carboxylic acids is 2. The molecule has 13 heteroatoms. The molecule has 6 unspecified atom stereocenters. The molecule has 0 amide bonds. The number of hydrogen-bond donors (Lipinski definition) is 6. The maximum Gasteiger partial charge on any atom is 2.00 e. The van der Waals surface area contributed by atoms with E-state index in [4.69, 9.17) is 0 Å². The molecule has 0 rings (SSSR count). The molecular formula is C34H66CaN4O8. The Balaban J connectivity index is -0.000000807. The molecule has 272 valence electrons. The number of nitrogens with zero attached hydrogens (tertiary/aromatic N) is 2. The van der Waals surface area contributed by atoms with E-state index >= 15 is 0 Å². The molecular weight excluding hydrogens is 632 g/mol. The molecule has 0 saturated heterocycles. The number of carbonyl (C=O) groups is 2. The van der Waals surface area contributed by atoms with Gasteiger partial charge >= 0.3 is 37.7 Å². The van der Waals surface area contributed by atoms with Gasteiger partial charge in [-0.05, 0) is 53.4 Å². The Labute approximate surface area is 314 Å². The molecule has 0 aliphatic carbocycles. The Hall–Kier alpha value is -0.640. The first-order valence-corrected chi connectivity index (χ1v) is 17.1. The third kappa shape index (κ3) is 30.0. The summed E-state index contributed by atoms with van der Waals surface area (Å²) in [6.07, 6.45) is 12.0. The second-order valence-electron chi connectivity index (χ2n) is 11.9. The maximum atomic E-state index is 11.1. The van der Waals surface area contributed by atoms with Gasteiger partial charge in [0.15, 0.2) is 0 Å². The number of carbonyl (C=O) groups excluding carboxylic acids is 2. The summed E-state index contributed by atoms with van der Waals surface area (Å²) in [5.41, 5.74) is 0. The van der Waals surface area contributed by atoms with E-state index in [1.54, 1.807) is 23.6 Å². The third-order valence-corrected chi connectivity index (χ3v) is 7.65. The van der Waals surface area contributed by atoms with Crippen molar-refractivity contribution in [1.29, 1.82) is 0 Å². The van der Waals surface area contributed by atoms with Crippen LogP contribution < -0.4 is 20.8 Å². The summed E-state index contributed by atoms with van der Waals surface area (Å²) < 4.78 is 0. The van der Waals surface area contributed by atoms with Crippen molar-refractivity contribution in [2.24, 2.45) is 0 Å². The van der Waals surface area contributed by atoms with E-state index in [1.165, 1.54) is 0 Å². The average molecular weight is 699 g/mol. The Morgan fingerprint density at radius 1 is 0.681 bits per heavy atom. The van der Waals surface area contributed by atoms with Crippen molar-refractivity contribution < 1.29 is 40.2 Å². The van der Waals surface area contributed by atoms with Crippen LogP contribution in [0.15, 0.2) is 24.3 Å². The zero-order valence-corrected chi connectivity index (χ0v) is 32.3. The van der Waals surface area contributed by atoms with Gasteiger partial charge in [-0.3, -0.25) is 9.80 Å². The first-order valence-electron chi connectivity index (χ1n) is 17.1. The largest absolute Gasteiger partial charge is 2.00 e. The van der Waals surface area contributed by atoms with E-state index in [1.807, 2.05) is 38.2 Å². The summed E-state index contributed by atoms with van der Waals surface area (Å²) in [4.78, 5) is 25.6. The summed E-state index contributed by atoms with van der Waals surface area (Å²) in [5, 5.41) is 67.8. The number of aliphatic hydroxyl groups excluding tert-OH is 4. The molecule has 0 heterocycles. The van der Waals surface area contributed by atoms with Gasteiger partial charge in [0.25, 0.3) is 0 Å². The first-order chi connectivity index (χ1) is 21.8. The summed E-state index contributed by atoms with van der Waals surface area (Å²) in [6.45, 7) is 14.7. The van der Waals surface area contributed by atoms with Crippen molar-refractivity contribution in [3.8, 4) is 0 Å². The van der Waals surface area contributed by atoms with Gasteiger partial charge < -0.3 is 50.9 Å². The van der Waals surface area contributed by atoms with Gasteiger partial charge in [-0.15, -0.1) is 0 Å². The van der Waals surface area contributed by atoms with Crippen molar-refractivity contribution >= 4 is 49.7 Å². The molecule has 0 aliphatic rings. The Morgan fingerprint density at radius 2 is 1.02 bits per heavy atom. The van der Waals surface area contributed by atoms with E-state index in [9.17, 15) is 40.2 Å². The summed E-state index contributed by atoms with van der Waals surface area (Å²) in [7, 11) is 0. The molecule has 0 aliphatic heterocycles. The zero-order chi connectivity index (χ0) is 35.3. The SMILES string of the molecule is C/C=C/CC(O)CNCCN(CC(O)CCCC)C(C)C(=O)[O-].C/C=C/CC(O)CNCCN(CC(O)CCCC)C(C)C(=O)[O-].[Ca+2]. The van der Waals surface area contributed by atoms with Gasteiger partial charge in [-0.1, -0.05) is 63.8 Å². The van der Waals surface area contributed by atoms with Crippen molar-refractivity contribution in [3.63, 3.8) is 0 Å². The number of aliphatic hydroxyl groups is 4. The van der Waals surface area contributed by atoms with Crippen LogP contribution in [0.3, 0.4) is 0 Å². The first kappa shape index (κ1) is 50.7. The summed E-state index contributed by atoms with van der Waals surface area (Å²) in [6, 6.07) is -1.50. The van der Waals surface area contributed by atoms with Crippen molar-refractivity contribution in [2.75, 3.05) is 52.4 Å². The Bertz CT molecular complexity index is 744. The van der Waals surface area contributed by atoms with Crippen LogP contribution in [0.4, 0.5) is 0 Å². The number of unbranched alkanes of at least 4 members (excludes halogenated alkanes) is 2. The predicted molar refractivity (Wildman–Crippen MR) is 186 cm³/mol. The number of carboxylic acid groups (broad SMARTS) is 2. The van der Waals surface area contributed by atoms with Crippen LogP contribution in [0.25, 0.3) is 0 Å². The third-order valence-electron chi connectivity index (χ3n) is 7.65. The van der Waals surface area contributed by atoms with Crippen LogP contribution in [0.2, 0.25) is 0 Å². The molecule has 47 heavy (non-hydrogen) atoms. The number of allylic oxidation sites excluding steroid dienone is 2. The summed E-state index contributed by atoms with van der Waals surface area (Å²) >= 11 is 0. The molecule has 0 radical (unpaired) electrons. The van der Waals surface area contributed by atoms with Crippen LogP contribution in [-0.2, 0) is 9.59 Å². The predicted octanol–water partition coefficient (Wildman–Crippen LogP) is -0.592. The molecule has 0 bridgehead atoms. The van der Waals surface area contributed by atoms with E-state index in [0.29, 0.717) is 78.0 Å². The monoisotopic (exact) mass is 698 g/mol. The number of aliphatic carboxylic acids is 2. The Morgan fingerprint density at radius 3 is 1.30 bits per heavy atom. The van der Waals surface area contributed by atoms with Gasteiger partial charge in [-0.2, -0.15) is 0 Å². The quantitative estimate of drug-likeness (QED) is 0.0347. The second kappa shape index (κ2) is 33.8. The maximum absolute atomic E-state index is 11.1. The summed E-state index contributed by atoms with van der Waals surface area (Å²) in [5.74, 6) is -2.28. The van der Waals surface area contributed by atoms with Crippen molar-refractivity contribution in [3.05, 3.63) is 24.3 Å². The van der Waals surface area contributed by atoms with E-state index < -0.39 is 48.4 Å². The van der Waals surface area contributed by atoms with E-state index in [-0.39, 0.29) is 37.7 Å². The molecule has 6 N–H and O–H groups in total. The molecule has 0 aromatic carbocycles. The van der Waals surface area contributed by atoms with Gasteiger partial charge in [0.05, 0.1) is 36.4 Å². The van der Waals surface area contributed by atoms with Crippen LogP contribution >= 0.6 is 0 Å². The minimum Gasteiger partial charge on any atom is -0.548 e. The molecule has 6 atom stereocenters. The second-order valence-corrected chi connectivity index (χ2v) is 11.9. The van der Waals surface area contributed by atoms with Gasteiger partial charge in [0, 0.05) is 64.4 Å². The number of nitrogens with one attached hydrogen (secondary N) is 2. The molecule has 0 aromatic heterocycles. The van der Waals surface area contributed by atoms with E-state index in [2.05, 4.69) is 24.5 Å². The van der Waals surface area contributed by atoms with Gasteiger partial charge in [0.2, 0.25) is 0 Å². The standard InChI is InChI=1S/2C17H34N2O4.Ca/c2*1-4-6-8-15(20)12-18-10-11-19(14(3)17(22)23)13-16(21)9-7-5-2;/h2*4,6,14-16,18,20-21H,5,7-13H2,1-3H3,(H,22,23);/q;;+2/p-2/b2*6-4+;. The van der Waals surface area contributed by atoms with Crippen LogP contribution in [-0.4, -0.2) is 169 Å². The molecule has 12 nitrogen and oxygen atoms in total. The fourth-order valence-electron chi connectivity index (χ4n) is 4.52. The number of rotatable bonds is 28. The van der Waals surface area contributed by atoms with Crippen LogP contribution in [0.1, 0.15) is 92.9 Å². The van der Waals surface area contributed by atoms with Crippen molar-refractivity contribution in [2.45, 2.75) is 129 Å². The average Bonchev–Trinajstić information content (AvgIpc) is 3.02. The minimum atomic E-state index is -1.14. The van der Waals surface area contributed by atoms with Crippen LogP contribution in [0, 0.1) is 0 Å². The minimum absolute atomic E-state index is 0. The van der Waals surface area contributed by atoms with Gasteiger partial charge in [0.1, 0.15) is 0 Å². The zero-order valence-electron chi connectivity index (χ0n) is 30.1. The van der Waals surface area contributed by atoms with E-state index in [0.717, 1.165) is 25.7 Å². The molecule has 0 aromatic rings. The fourth-order valence-corrected chi connectivity index (χ4v) is 4.52. The topological polar surface area (TPSA) is 192 Å². The smallest absolute Gasteiger partial charge is 0.548 e. The number of hydrogen-bond acceptors (Lipinski definition) is 12. The Kier molecular flexibility index (Phi) is 36.5. The molecule has 0 spiro atoms. The van der Waals surface area contributed by atoms with Gasteiger partial charge in [-0.25, -0.2) is 0 Å². The van der Waals surface area contributed by atoms with Crippen LogP contribution in [0.5, 0.6) is 0 Å².